The van der Waals surface area contributed by atoms with Crippen LogP contribution in [0, 0.1) is 5.92 Å². The molecule has 0 bridgehead atoms. The van der Waals surface area contributed by atoms with Gasteiger partial charge in [-0.15, -0.1) is 0 Å². The van der Waals surface area contributed by atoms with E-state index >= 15 is 0 Å². The van der Waals surface area contributed by atoms with E-state index in [1.54, 1.807) is 14.2 Å². The quantitative estimate of drug-likeness (QED) is 0.354. The maximum Gasteiger partial charge on any atom is 0.194 e. The van der Waals surface area contributed by atoms with Gasteiger partial charge < -0.3 is 29.2 Å². The van der Waals surface area contributed by atoms with Gasteiger partial charge in [0.05, 0.1) is 40.1 Å². The van der Waals surface area contributed by atoms with Crippen molar-refractivity contribution in [3.8, 4) is 11.5 Å². The lowest BCUT2D eigenvalue weighted by Crippen LogP contribution is -2.40. The first kappa shape index (κ1) is 22.3. The minimum absolute atomic E-state index is 0.534. The summed E-state index contributed by atoms with van der Waals surface area (Å²) in [5, 5.41) is 3.41. The minimum atomic E-state index is 0.534. The number of benzene rings is 1. The van der Waals surface area contributed by atoms with Crippen molar-refractivity contribution >= 4 is 5.96 Å². The summed E-state index contributed by atoms with van der Waals surface area (Å²) in [6.07, 6.45) is 1.12. The van der Waals surface area contributed by atoms with Crippen LogP contribution in [0.1, 0.15) is 25.8 Å². The van der Waals surface area contributed by atoms with E-state index < -0.39 is 0 Å². The third-order valence-electron chi connectivity index (χ3n) is 4.64. The first-order valence-corrected chi connectivity index (χ1v) is 10.1. The molecule has 1 saturated heterocycles. The summed E-state index contributed by atoms with van der Waals surface area (Å²) in [5.41, 5.74) is 1.09. The van der Waals surface area contributed by atoms with E-state index in [1.807, 2.05) is 25.1 Å². The molecule has 0 saturated carbocycles. The summed E-state index contributed by atoms with van der Waals surface area (Å²) in [6, 6.07) is 5.98. The number of methoxy groups -OCH3 is 2. The Hall–Kier alpha value is -1.99. The largest absolute Gasteiger partial charge is 0.493 e. The molecule has 1 unspecified atom stereocenters. The number of nitrogens with one attached hydrogen (secondary N) is 1. The summed E-state index contributed by atoms with van der Waals surface area (Å²) >= 11 is 0. The Kier molecular flexibility index (Phi) is 9.93. The van der Waals surface area contributed by atoms with Crippen molar-refractivity contribution in [3.05, 3.63) is 23.8 Å². The lowest BCUT2D eigenvalue weighted by Gasteiger charge is -2.22. The first-order valence-electron chi connectivity index (χ1n) is 10.1. The molecule has 1 atom stereocenters. The molecule has 1 heterocycles. The lowest BCUT2D eigenvalue weighted by atomic mass is 10.1. The zero-order valence-corrected chi connectivity index (χ0v) is 17.7. The molecule has 7 nitrogen and oxygen atoms in total. The number of nitrogens with zero attached hydrogens (tertiary/aromatic N) is 2. The summed E-state index contributed by atoms with van der Waals surface area (Å²) in [5.74, 6) is 3.00. The maximum absolute atomic E-state index is 5.69. The molecule has 0 aromatic heterocycles. The summed E-state index contributed by atoms with van der Waals surface area (Å²) < 4.78 is 21.7. The third-order valence-corrected chi connectivity index (χ3v) is 4.64. The van der Waals surface area contributed by atoms with Gasteiger partial charge in [0.1, 0.15) is 0 Å². The molecule has 1 aromatic carbocycles. The number of guanidine groups is 1. The Morgan fingerprint density at radius 1 is 1.21 bits per heavy atom. The average molecular weight is 394 g/mol. The smallest absolute Gasteiger partial charge is 0.194 e. The van der Waals surface area contributed by atoms with Gasteiger partial charge >= 0.3 is 0 Å². The van der Waals surface area contributed by atoms with Crippen LogP contribution in [0.3, 0.4) is 0 Å². The molecule has 2 rings (SSSR count). The highest BCUT2D eigenvalue weighted by Gasteiger charge is 2.25. The van der Waals surface area contributed by atoms with Crippen molar-refractivity contribution < 1.29 is 18.9 Å². The summed E-state index contributed by atoms with van der Waals surface area (Å²) in [7, 11) is 3.35. The second-order valence-electron chi connectivity index (χ2n) is 6.76. The predicted octanol–water partition coefficient (Wildman–Crippen LogP) is 2.54. The summed E-state index contributed by atoms with van der Waals surface area (Å²) in [4.78, 5) is 7.15. The average Bonchev–Trinajstić information content (AvgIpc) is 3.18. The Morgan fingerprint density at radius 3 is 2.79 bits per heavy atom. The Balaban J connectivity index is 1.95. The Bertz CT molecular complexity index is 609. The fourth-order valence-corrected chi connectivity index (χ4v) is 3.23. The third kappa shape index (κ3) is 6.87. The van der Waals surface area contributed by atoms with Gasteiger partial charge in [0.2, 0.25) is 0 Å². The van der Waals surface area contributed by atoms with Gasteiger partial charge in [-0.1, -0.05) is 6.07 Å². The van der Waals surface area contributed by atoms with E-state index in [4.69, 9.17) is 23.9 Å². The van der Waals surface area contributed by atoms with Crippen LogP contribution in [-0.2, 0) is 16.0 Å². The SMILES string of the molecule is CCNC(=NCc1ccc(OCC)c(OC)c1)N1CCC(COCCOC)C1. The van der Waals surface area contributed by atoms with Crippen LogP contribution in [0.2, 0.25) is 0 Å². The number of hydrogen-bond acceptors (Lipinski definition) is 5. The fraction of sp³-hybridized carbons (Fsp3) is 0.667. The molecule has 0 spiro atoms. The van der Waals surface area contributed by atoms with E-state index in [2.05, 4.69) is 17.1 Å². The molecule has 158 valence electrons. The van der Waals surface area contributed by atoms with Crippen molar-refractivity contribution in [1.82, 2.24) is 10.2 Å². The topological polar surface area (TPSA) is 64.6 Å². The molecular weight excluding hydrogens is 358 g/mol. The van der Waals surface area contributed by atoms with Crippen LogP contribution >= 0.6 is 0 Å². The zero-order chi connectivity index (χ0) is 20.2. The number of ether oxygens (including phenoxy) is 4. The van der Waals surface area contributed by atoms with Crippen LogP contribution in [-0.4, -0.2) is 71.1 Å². The molecule has 0 aliphatic carbocycles. The lowest BCUT2D eigenvalue weighted by molar-refractivity contribution is 0.0536. The maximum atomic E-state index is 5.69. The molecule has 1 aliphatic rings. The minimum Gasteiger partial charge on any atom is -0.493 e. The van der Waals surface area contributed by atoms with Gasteiger partial charge in [0.25, 0.3) is 0 Å². The Labute approximate surface area is 169 Å². The van der Waals surface area contributed by atoms with Crippen molar-refractivity contribution in [3.63, 3.8) is 0 Å². The number of likely N-dealkylation sites (tertiary alicyclic amines) is 1. The van der Waals surface area contributed by atoms with Crippen LogP contribution < -0.4 is 14.8 Å². The van der Waals surface area contributed by atoms with Gasteiger partial charge in [0, 0.05) is 32.7 Å². The molecule has 1 fully saturated rings. The monoisotopic (exact) mass is 393 g/mol. The van der Waals surface area contributed by atoms with Crippen molar-refractivity contribution in [2.75, 3.05) is 60.3 Å². The van der Waals surface area contributed by atoms with Crippen LogP contribution in [0.25, 0.3) is 0 Å². The highest BCUT2D eigenvalue weighted by molar-refractivity contribution is 5.80. The second kappa shape index (κ2) is 12.5. The van der Waals surface area contributed by atoms with Gasteiger partial charge in [-0.3, -0.25) is 0 Å². The van der Waals surface area contributed by atoms with Gasteiger partial charge in [-0.2, -0.15) is 0 Å². The molecule has 0 amide bonds. The van der Waals surface area contributed by atoms with Crippen molar-refractivity contribution in [2.24, 2.45) is 10.9 Å². The van der Waals surface area contributed by atoms with E-state index in [1.165, 1.54) is 0 Å². The standard InChI is InChI=1S/C21H35N3O4/c1-5-22-21(24-10-9-18(15-24)16-27-12-11-25-3)23-14-17-7-8-19(28-6-2)20(13-17)26-4/h7-8,13,18H,5-6,9-12,14-16H2,1-4H3,(H,22,23). The van der Waals surface area contributed by atoms with Crippen LogP contribution in [0.5, 0.6) is 11.5 Å². The molecule has 7 heteroatoms. The second-order valence-corrected chi connectivity index (χ2v) is 6.76. The summed E-state index contributed by atoms with van der Waals surface area (Å²) in [6.45, 7) is 10.1. The molecule has 1 aliphatic heterocycles. The van der Waals surface area contributed by atoms with E-state index in [9.17, 15) is 0 Å². The number of aliphatic imine (C=N–C) groups is 1. The molecule has 1 N–H and O–H groups in total. The van der Waals surface area contributed by atoms with Crippen LogP contribution in [0.15, 0.2) is 23.2 Å². The highest BCUT2D eigenvalue weighted by Crippen LogP contribution is 2.28. The van der Waals surface area contributed by atoms with Crippen LogP contribution in [0.4, 0.5) is 0 Å². The van der Waals surface area contributed by atoms with E-state index in [-0.39, 0.29) is 0 Å². The molecule has 1 aromatic rings. The normalized spacial score (nSPS) is 17.1. The molecule has 28 heavy (non-hydrogen) atoms. The molecular formula is C21H35N3O4. The first-order chi connectivity index (χ1) is 13.7. The number of rotatable bonds is 11. The van der Waals surface area contributed by atoms with Crippen molar-refractivity contribution in [1.29, 1.82) is 0 Å². The number of hydrogen-bond donors (Lipinski definition) is 1. The van der Waals surface area contributed by atoms with E-state index in [0.717, 1.165) is 55.7 Å². The van der Waals surface area contributed by atoms with Gasteiger partial charge in [-0.05, 0) is 38.0 Å². The molecule has 0 radical (unpaired) electrons. The fourth-order valence-electron chi connectivity index (χ4n) is 3.23. The predicted molar refractivity (Wildman–Crippen MR) is 111 cm³/mol. The zero-order valence-electron chi connectivity index (χ0n) is 17.7. The van der Waals surface area contributed by atoms with Gasteiger partial charge in [0.15, 0.2) is 17.5 Å². The van der Waals surface area contributed by atoms with Crippen molar-refractivity contribution in [2.45, 2.75) is 26.8 Å². The van der Waals surface area contributed by atoms with Gasteiger partial charge in [-0.25, -0.2) is 4.99 Å². The highest BCUT2D eigenvalue weighted by atomic mass is 16.5. The Morgan fingerprint density at radius 2 is 2.07 bits per heavy atom. The van der Waals surface area contributed by atoms with E-state index in [0.29, 0.717) is 32.3 Å².